The van der Waals surface area contributed by atoms with Crippen molar-refractivity contribution in [1.29, 1.82) is 0 Å². The summed E-state index contributed by atoms with van der Waals surface area (Å²) < 4.78 is 13.2. The van der Waals surface area contributed by atoms with E-state index >= 15 is 0 Å². The molecule has 1 aromatic carbocycles. The summed E-state index contributed by atoms with van der Waals surface area (Å²) in [4.78, 5) is 23.4. The Labute approximate surface area is 133 Å². The number of carbonyl (C=O) groups excluding carboxylic acids is 1. The lowest BCUT2D eigenvalue weighted by Gasteiger charge is -2.25. The molecule has 0 saturated carbocycles. The minimum absolute atomic E-state index is 0.145. The van der Waals surface area contributed by atoms with E-state index in [1.807, 2.05) is 6.92 Å². The Bertz CT molecular complexity index is 681. The maximum absolute atomic E-state index is 13.2. The van der Waals surface area contributed by atoms with Crippen LogP contribution in [-0.4, -0.2) is 22.1 Å². The van der Waals surface area contributed by atoms with Crippen LogP contribution < -0.4 is 5.32 Å². The highest BCUT2D eigenvalue weighted by Crippen LogP contribution is 2.30. The van der Waals surface area contributed by atoms with Gasteiger partial charge >= 0.3 is 5.97 Å². The van der Waals surface area contributed by atoms with Gasteiger partial charge in [-0.25, -0.2) is 4.39 Å². The highest BCUT2D eigenvalue weighted by atomic mass is 19.1. The van der Waals surface area contributed by atoms with Crippen LogP contribution in [0.15, 0.2) is 47.9 Å². The number of aliphatic carboxylic acids is 1. The van der Waals surface area contributed by atoms with Crippen LogP contribution in [0.4, 0.5) is 4.39 Å². The predicted octanol–water partition coefficient (Wildman–Crippen LogP) is 3.01. The van der Waals surface area contributed by atoms with Crippen molar-refractivity contribution in [2.45, 2.75) is 19.8 Å². The smallest absolute Gasteiger partial charge is 0.314 e. The number of hydrogen-bond acceptors (Lipinski definition) is 3. The molecule has 122 valence electrons. The predicted molar refractivity (Wildman–Crippen MR) is 82.2 cm³/mol. The number of benzene rings is 1. The standard InChI is InChI=1S/C17H18FNO4/c1-2-4-10-8-13(9-14(20)15(10)17(22)23)19-16(21)11-5-3-6-12(18)7-11/h3,5-10,15,20H,2,4H2,1H3,(H,19,21)(H,22,23). The molecule has 2 atom stereocenters. The van der Waals surface area contributed by atoms with Gasteiger partial charge < -0.3 is 15.5 Å². The number of aliphatic hydroxyl groups is 1. The summed E-state index contributed by atoms with van der Waals surface area (Å²) in [5.74, 6) is -3.88. The molecule has 23 heavy (non-hydrogen) atoms. The van der Waals surface area contributed by atoms with Crippen LogP contribution in [0.5, 0.6) is 0 Å². The van der Waals surface area contributed by atoms with Crippen molar-refractivity contribution in [3.63, 3.8) is 0 Å². The van der Waals surface area contributed by atoms with E-state index in [-0.39, 0.29) is 11.3 Å². The average Bonchev–Trinajstić information content (AvgIpc) is 2.46. The van der Waals surface area contributed by atoms with Crippen LogP contribution in [0.1, 0.15) is 30.1 Å². The molecule has 0 radical (unpaired) electrons. The lowest BCUT2D eigenvalue weighted by Crippen LogP contribution is -2.31. The summed E-state index contributed by atoms with van der Waals surface area (Å²) in [6.45, 7) is 1.91. The number of aliphatic hydroxyl groups excluding tert-OH is 1. The largest absolute Gasteiger partial charge is 0.511 e. The number of carbonyl (C=O) groups is 2. The molecule has 1 aromatic rings. The summed E-state index contributed by atoms with van der Waals surface area (Å²) >= 11 is 0. The van der Waals surface area contributed by atoms with Gasteiger partial charge in [0, 0.05) is 11.3 Å². The van der Waals surface area contributed by atoms with Gasteiger partial charge in [0.2, 0.25) is 0 Å². The first-order valence-corrected chi connectivity index (χ1v) is 7.34. The summed E-state index contributed by atoms with van der Waals surface area (Å²) in [5, 5.41) is 21.8. The fourth-order valence-corrected chi connectivity index (χ4v) is 2.65. The van der Waals surface area contributed by atoms with E-state index in [1.165, 1.54) is 24.3 Å². The maximum Gasteiger partial charge on any atom is 0.314 e. The number of amides is 1. The molecule has 6 heteroatoms. The SMILES string of the molecule is CCCC1C=C(NC(=O)c2cccc(F)c2)C=C(O)C1C(=O)O. The van der Waals surface area contributed by atoms with Crippen LogP contribution in [0.3, 0.4) is 0 Å². The quantitative estimate of drug-likeness (QED) is 0.778. The Morgan fingerprint density at radius 1 is 1.35 bits per heavy atom. The number of carboxylic acids is 1. The number of nitrogens with one attached hydrogen (secondary N) is 1. The topological polar surface area (TPSA) is 86.6 Å². The van der Waals surface area contributed by atoms with Crippen molar-refractivity contribution >= 4 is 11.9 Å². The molecule has 0 aliphatic heterocycles. The van der Waals surface area contributed by atoms with E-state index in [4.69, 9.17) is 0 Å². The van der Waals surface area contributed by atoms with E-state index in [0.29, 0.717) is 12.1 Å². The molecule has 0 aromatic heterocycles. The third kappa shape index (κ3) is 3.97. The van der Waals surface area contributed by atoms with Crippen molar-refractivity contribution in [3.05, 3.63) is 59.3 Å². The van der Waals surface area contributed by atoms with Crippen molar-refractivity contribution in [2.24, 2.45) is 11.8 Å². The molecule has 0 heterocycles. The molecule has 3 N–H and O–H groups in total. The Hall–Kier alpha value is -2.63. The first kappa shape index (κ1) is 16.7. The van der Waals surface area contributed by atoms with E-state index in [2.05, 4.69) is 5.32 Å². The monoisotopic (exact) mass is 319 g/mol. The fourth-order valence-electron chi connectivity index (χ4n) is 2.65. The second-order valence-corrected chi connectivity index (χ2v) is 5.42. The third-order valence-electron chi connectivity index (χ3n) is 3.68. The number of allylic oxidation sites excluding steroid dienone is 2. The molecule has 2 rings (SSSR count). The Kier molecular flexibility index (Phi) is 5.16. The molecule has 0 saturated heterocycles. The van der Waals surface area contributed by atoms with Crippen LogP contribution in [-0.2, 0) is 4.79 Å². The first-order chi connectivity index (χ1) is 10.9. The lowest BCUT2D eigenvalue weighted by molar-refractivity contribution is -0.142. The molecular weight excluding hydrogens is 301 g/mol. The molecular formula is C17H18FNO4. The van der Waals surface area contributed by atoms with Gasteiger partial charge in [-0.3, -0.25) is 9.59 Å². The summed E-state index contributed by atoms with van der Waals surface area (Å²) in [6.07, 6.45) is 4.15. The molecule has 0 fully saturated rings. The summed E-state index contributed by atoms with van der Waals surface area (Å²) in [7, 11) is 0. The van der Waals surface area contributed by atoms with E-state index in [0.717, 1.165) is 12.5 Å². The average molecular weight is 319 g/mol. The second-order valence-electron chi connectivity index (χ2n) is 5.42. The Morgan fingerprint density at radius 2 is 2.09 bits per heavy atom. The van der Waals surface area contributed by atoms with Gasteiger partial charge in [-0.1, -0.05) is 25.5 Å². The van der Waals surface area contributed by atoms with Gasteiger partial charge in [-0.05, 0) is 36.6 Å². The van der Waals surface area contributed by atoms with Gasteiger partial charge in [0.1, 0.15) is 17.5 Å². The highest BCUT2D eigenvalue weighted by molar-refractivity contribution is 5.95. The van der Waals surface area contributed by atoms with Crippen molar-refractivity contribution in [1.82, 2.24) is 5.32 Å². The van der Waals surface area contributed by atoms with Crippen LogP contribution in [0.2, 0.25) is 0 Å². The van der Waals surface area contributed by atoms with E-state index in [9.17, 15) is 24.2 Å². The van der Waals surface area contributed by atoms with E-state index in [1.54, 1.807) is 6.08 Å². The minimum Gasteiger partial charge on any atom is -0.511 e. The normalized spacial score (nSPS) is 20.4. The van der Waals surface area contributed by atoms with Gasteiger partial charge in [0.25, 0.3) is 5.91 Å². The van der Waals surface area contributed by atoms with Crippen molar-refractivity contribution in [3.8, 4) is 0 Å². The summed E-state index contributed by atoms with van der Waals surface area (Å²) in [6, 6.07) is 5.23. The third-order valence-corrected chi connectivity index (χ3v) is 3.68. The molecule has 1 aliphatic rings. The van der Waals surface area contributed by atoms with Gasteiger partial charge in [-0.2, -0.15) is 0 Å². The molecule has 1 aliphatic carbocycles. The number of rotatable bonds is 5. The lowest BCUT2D eigenvalue weighted by atomic mass is 9.83. The first-order valence-electron chi connectivity index (χ1n) is 7.34. The number of hydrogen-bond donors (Lipinski definition) is 3. The minimum atomic E-state index is -1.11. The zero-order valence-electron chi connectivity index (χ0n) is 12.6. The van der Waals surface area contributed by atoms with Gasteiger partial charge in [0.05, 0.1) is 0 Å². The highest BCUT2D eigenvalue weighted by Gasteiger charge is 2.33. The second kappa shape index (κ2) is 7.09. The van der Waals surface area contributed by atoms with Crippen molar-refractivity contribution < 1.29 is 24.2 Å². The zero-order chi connectivity index (χ0) is 17.0. The zero-order valence-corrected chi connectivity index (χ0v) is 12.6. The number of halogens is 1. The molecule has 0 bridgehead atoms. The summed E-state index contributed by atoms with van der Waals surface area (Å²) in [5.41, 5.74) is 0.457. The van der Waals surface area contributed by atoms with E-state index < -0.39 is 29.5 Å². The fraction of sp³-hybridized carbons (Fsp3) is 0.294. The van der Waals surface area contributed by atoms with Crippen LogP contribution >= 0.6 is 0 Å². The molecule has 0 spiro atoms. The Balaban J connectivity index is 2.20. The molecule has 5 nitrogen and oxygen atoms in total. The van der Waals surface area contributed by atoms with Crippen LogP contribution in [0, 0.1) is 17.7 Å². The molecule has 2 unspecified atom stereocenters. The Morgan fingerprint density at radius 3 is 2.70 bits per heavy atom. The van der Waals surface area contributed by atoms with Crippen molar-refractivity contribution in [2.75, 3.05) is 0 Å². The van der Waals surface area contributed by atoms with Gasteiger partial charge in [0.15, 0.2) is 0 Å². The molecule has 1 amide bonds. The number of carboxylic acid groups (broad SMARTS) is 1. The maximum atomic E-state index is 13.2. The van der Waals surface area contributed by atoms with Gasteiger partial charge in [-0.15, -0.1) is 0 Å². The van der Waals surface area contributed by atoms with Crippen LogP contribution in [0.25, 0.3) is 0 Å².